The Morgan fingerprint density at radius 2 is 1.79 bits per heavy atom. The minimum absolute atomic E-state index is 0.889. The number of nitrogens with one attached hydrogen (secondary N) is 1. The van der Waals surface area contributed by atoms with E-state index < -0.39 is 15.7 Å². The number of allylic oxidation sites excluding steroid dienone is 2. The maximum absolute atomic E-state index is 10.4. The molecule has 1 atom stereocenters. The van der Waals surface area contributed by atoms with Crippen LogP contribution in [0.4, 0.5) is 4.79 Å². The summed E-state index contributed by atoms with van der Waals surface area (Å²) in [6.07, 6.45) is 6.11. The Morgan fingerprint density at radius 3 is 2.00 bits per heavy atom. The van der Waals surface area contributed by atoms with Gasteiger partial charge in [0, 0.05) is 0 Å². The smallest absolute Gasteiger partial charge is 0.349 e. The standard InChI is InChI=1S/C6H6ClNO2.CCl2O/c7-6(5(9)10)3-1-2-4-8-6;2-1(3)4/h1-4,8H,(H,9,10);. The molecule has 0 saturated heterocycles. The topological polar surface area (TPSA) is 66.4 Å². The molecule has 1 unspecified atom stereocenters. The van der Waals surface area contributed by atoms with Crippen LogP contribution in [0.5, 0.6) is 0 Å². The van der Waals surface area contributed by atoms with E-state index in [1.807, 2.05) is 0 Å². The average molecular weight is 258 g/mol. The summed E-state index contributed by atoms with van der Waals surface area (Å²) in [5.74, 6) is -1.10. The van der Waals surface area contributed by atoms with E-state index in [1.54, 1.807) is 12.2 Å². The van der Waals surface area contributed by atoms with Crippen LogP contribution in [0.2, 0.25) is 0 Å². The van der Waals surface area contributed by atoms with Crippen LogP contribution in [0.1, 0.15) is 0 Å². The van der Waals surface area contributed by atoms with E-state index in [0.29, 0.717) is 0 Å². The van der Waals surface area contributed by atoms with Crippen LogP contribution in [0, 0.1) is 0 Å². The van der Waals surface area contributed by atoms with Gasteiger partial charge in [0.25, 0.3) is 0 Å². The fourth-order valence-electron chi connectivity index (χ4n) is 0.594. The van der Waals surface area contributed by atoms with Crippen molar-refractivity contribution in [3.63, 3.8) is 0 Å². The highest BCUT2D eigenvalue weighted by atomic mass is 35.5. The van der Waals surface area contributed by atoms with E-state index in [2.05, 4.69) is 28.5 Å². The number of carbonyl (C=O) groups excluding carboxylic acids is 1. The van der Waals surface area contributed by atoms with Gasteiger partial charge >= 0.3 is 10.7 Å². The monoisotopic (exact) mass is 257 g/mol. The van der Waals surface area contributed by atoms with Crippen LogP contribution >= 0.6 is 34.8 Å². The Labute approximate surface area is 95.1 Å². The van der Waals surface area contributed by atoms with Gasteiger partial charge in [-0.2, -0.15) is 0 Å². The number of dihydropyridines is 1. The van der Waals surface area contributed by atoms with Gasteiger partial charge in [0.15, 0.2) is 0 Å². The van der Waals surface area contributed by atoms with Gasteiger partial charge < -0.3 is 10.4 Å². The minimum atomic E-state index is -1.45. The van der Waals surface area contributed by atoms with Crippen molar-refractivity contribution in [1.29, 1.82) is 0 Å². The van der Waals surface area contributed by atoms with Crippen LogP contribution < -0.4 is 5.32 Å². The van der Waals surface area contributed by atoms with Gasteiger partial charge in [-0.15, -0.1) is 0 Å². The van der Waals surface area contributed by atoms with Crippen molar-refractivity contribution in [3.05, 3.63) is 24.4 Å². The molecular weight excluding hydrogens is 252 g/mol. The molecule has 4 nitrogen and oxygen atoms in total. The maximum atomic E-state index is 10.4. The highest BCUT2D eigenvalue weighted by Gasteiger charge is 2.32. The number of hydrogen-bond donors (Lipinski definition) is 2. The third-order valence-electron chi connectivity index (χ3n) is 1.14. The van der Waals surface area contributed by atoms with Crippen molar-refractivity contribution in [2.24, 2.45) is 0 Å². The molecule has 0 aromatic carbocycles. The fourth-order valence-corrected chi connectivity index (χ4v) is 0.730. The van der Waals surface area contributed by atoms with E-state index in [9.17, 15) is 4.79 Å². The molecule has 2 N–H and O–H groups in total. The van der Waals surface area contributed by atoms with Crippen LogP contribution in [0.3, 0.4) is 0 Å². The van der Waals surface area contributed by atoms with Crippen molar-refractivity contribution >= 4 is 45.5 Å². The molecule has 0 fully saturated rings. The van der Waals surface area contributed by atoms with E-state index in [-0.39, 0.29) is 0 Å². The Bertz CT molecular complexity index is 286. The molecule has 1 aliphatic rings. The summed E-state index contributed by atoms with van der Waals surface area (Å²) in [7, 11) is 0. The second-order valence-corrected chi connectivity index (χ2v) is 3.58. The Kier molecular flexibility index (Phi) is 5.60. The summed E-state index contributed by atoms with van der Waals surface area (Å²) in [5.41, 5.74) is 0. The number of aliphatic carboxylic acids is 1. The lowest BCUT2D eigenvalue weighted by molar-refractivity contribution is -0.139. The lowest BCUT2D eigenvalue weighted by atomic mass is 10.2. The van der Waals surface area contributed by atoms with Crippen molar-refractivity contribution in [2.75, 3.05) is 0 Å². The summed E-state index contributed by atoms with van der Waals surface area (Å²) in [5, 5.41) is 11.0. The molecule has 0 aliphatic carbocycles. The molecule has 78 valence electrons. The van der Waals surface area contributed by atoms with Gasteiger partial charge in [0.2, 0.25) is 5.00 Å². The molecule has 0 spiro atoms. The van der Waals surface area contributed by atoms with Crippen molar-refractivity contribution in [3.8, 4) is 0 Å². The first-order valence-corrected chi connectivity index (χ1v) is 4.41. The highest BCUT2D eigenvalue weighted by Crippen LogP contribution is 2.15. The predicted molar refractivity (Wildman–Crippen MR) is 54.7 cm³/mol. The quantitative estimate of drug-likeness (QED) is 0.430. The first-order valence-electron chi connectivity index (χ1n) is 3.28. The van der Waals surface area contributed by atoms with Gasteiger partial charge in [0.1, 0.15) is 0 Å². The molecular formula is C7H6Cl3NO3. The summed E-state index contributed by atoms with van der Waals surface area (Å²) in [6, 6.07) is 0. The number of rotatable bonds is 1. The van der Waals surface area contributed by atoms with E-state index >= 15 is 0 Å². The first kappa shape index (κ1) is 13.3. The number of carboxylic acids is 1. The molecule has 0 bridgehead atoms. The molecule has 14 heavy (non-hydrogen) atoms. The van der Waals surface area contributed by atoms with E-state index in [0.717, 1.165) is 0 Å². The number of alkyl halides is 1. The van der Waals surface area contributed by atoms with Crippen LogP contribution in [-0.4, -0.2) is 20.8 Å². The highest BCUT2D eigenvalue weighted by molar-refractivity contribution is 6.93. The molecule has 1 heterocycles. The lowest BCUT2D eigenvalue weighted by Crippen LogP contribution is -2.43. The lowest BCUT2D eigenvalue weighted by Gasteiger charge is -2.19. The molecule has 0 aromatic rings. The minimum Gasteiger partial charge on any atom is -0.478 e. The van der Waals surface area contributed by atoms with E-state index in [4.69, 9.17) is 21.5 Å². The molecule has 0 radical (unpaired) electrons. The number of carbonyl (C=O) groups is 2. The first-order chi connectivity index (χ1) is 6.38. The van der Waals surface area contributed by atoms with Gasteiger partial charge in [-0.3, -0.25) is 4.79 Å². The summed E-state index contributed by atoms with van der Waals surface area (Å²) in [4.78, 5) is 17.9. The molecule has 0 aromatic heterocycles. The average Bonchev–Trinajstić information content (AvgIpc) is 2.04. The normalized spacial score (nSPS) is 23.1. The Morgan fingerprint density at radius 1 is 1.29 bits per heavy atom. The number of carboxylic acid groups (broad SMARTS) is 1. The zero-order valence-corrected chi connectivity index (χ0v) is 8.97. The second kappa shape index (κ2) is 5.90. The molecule has 0 saturated carbocycles. The van der Waals surface area contributed by atoms with Gasteiger partial charge in [-0.05, 0) is 41.6 Å². The third-order valence-corrected chi connectivity index (χ3v) is 1.53. The molecule has 0 amide bonds. The van der Waals surface area contributed by atoms with Crippen LogP contribution in [-0.2, 0) is 4.79 Å². The zero-order chi connectivity index (χ0) is 11.2. The van der Waals surface area contributed by atoms with Crippen LogP contribution in [0.25, 0.3) is 0 Å². The van der Waals surface area contributed by atoms with Gasteiger partial charge in [0.05, 0.1) is 0 Å². The molecule has 1 rings (SSSR count). The fraction of sp³-hybridized carbons (Fsp3) is 0.143. The largest absolute Gasteiger partial charge is 0.478 e. The van der Waals surface area contributed by atoms with Crippen LogP contribution in [0.15, 0.2) is 24.4 Å². The van der Waals surface area contributed by atoms with Crippen molar-refractivity contribution in [2.45, 2.75) is 5.00 Å². The predicted octanol–water partition coefficient (Wildman–Crippen LogP) is 2.26. The third kappa shape index (κ3) is 5.11. The van der Waals surface area contributed by atoms with Gasteiger partial charge in [-0.25, -0.2) is 4.79 Å². The Hall–Kier alpha value is -0.710. The maximum Gasteiger partial charge on any atom is 0.349 e. The summed E-state index contributed by atoms with van der Waals surface area (Å²) in [6.45, 7) is 0. The van der Waals surface area contributed by atoms with Crippen molar-refractivity contribution in [1.82, 2.24) is 5.32 Å². The molecule has 7 heteroatoms. The Balaban J connectivity index is 0.000000364. The van der Waals surface area contributed by atoms with E-state index in [1.165, 1.54) is 12.3 Å². The number of halogens is 3. The summed E-state index contributed by atoms with van der Waals surface area (Å²) < 4.78 is -0.889. The van der Waals surface area contributed by atoms with Gasteiger partial charge in [-0.1, -0.05) is 17.7 Å². The van der Waals surface area contributed by atoms with Crippen molar-refractivity contribution < 1.29 is 14.7 Å². The molecule has 1 aliphatic heterocycles. The SMILES string of the molecule is O=C(Cl)Cl.O=C(O)C1(Cl)C=CC=CN1. The second-order valence-electron chi connectivity index (χ2n) is 2.11. The zero-order valence-electron chi connectivity index (χ0n) is 6.71. The number of hydrogen-bond acceptors (Lipinski definition) is 3. The summed E-state index contributed by atoms with van der Waals surface area (Å²) >= 11 is 14.4.